The number of rotatable bonds is 4. The summed E-state index contributed by atoms with van der Waals surface area (Å²) in [4.78, 5) is 12.9. The number of aliphatic hydroxyl groups is 1. The van der Waals surface area contributed by atoms with Crippen LogP contribution in [-0.2, 0) is 0 Å². The molecule has 3 N–H and O–H groups in total. The Hall–Kier alpha value is -3.99. The van der Waals surface area contributed by atoms with Crippen molar-refractivity contribution in [2.45, 2.75) is 25.4 Å². The van der Waals surface area contributed by atoms with E-state index in [1.165, 1.54) is 0 Å². The van der Waals surface area contributed by atoms with Crippen LogP contribution < -0.4 is 15.4 Å². The van der Waals surface area contributed by atoms with E-state index < -0.39 is 5.60 Å². The Morgan fingerprint density at radius 1 is 1.09 bits per heavy atom. The van der Waals surface area contributed by atoms with Gasteiger partial charge in [0.1, 0.15) is 29.2 Å². The Morgan fingerprint density at radius 3 is 2.76 bits per heavy atom. The van der Waals surface area contributed by atoms with E-state index in [2.05, 4.69) is 37.4 Å². The van der Waals surface area contributed by atoms with Crippen LogP contribution in [0, 0.1) is 18.8 Å². The Labute approximate surface area is 198 Å². The fraction of sp³-hybridized carbons (Fsp3) is 0.222. The van der Waals surface area contributed by atoms with Gasteiger partial charge < -0.3 is 20.5 Å². The summed E-state index contributed by atoms with van der Waals surface area (Å²) in [5, 5.41) is 18.2. The number of aromatic nitrogens is 3. The molecule has 7 heteroatoms. The second-order valence-electron chi connectivity index (χ2n) is 8.38. The molecule has 2 aromatic carbocycles. The molecule has 3 heterocycles. The molecular formula is C27H25N5O2. The predicted octanol–water partition coefficient (Wildman–Crippen LogP) is 4.34. The molecule has 0 unspecified atom stereocenters. The molecule has 0 aliphatic carbocycles. The van der Waals surface area contributed by atoms with Crippen LogP contribution in [-0.4, -0.2) is 38.7 Å². The third-order valence-electron chi connectivity index (χ3n) is 5.81. The molecule has 1 aliphatic heterocycles. The van der Waals surface area contributed by atoms with Crippen molar-refractivity contribution < 1.29 is 9.84 Å². The molecular weight excluding hydrogens is 426 g/mol. The van der Waals surface area contributed by atoms with Gasteiger partial charge in [0.25, 0.3) is 0 Å². The minimum atomic E-state index is -0.939. The van der Waals surface area contributed by atoms with Crippen LogP contribution in [0.3, 0.4) is 0 Å². The lowest BCUT2D eigenvalue weighted by Gasteiger charge is -2.27. The molecule has 0 bridgehead atoms. The second kappa shape index (κ2) is 9.48. The van der Waals surface area contributed by atoms with E-state index in [4.69, 9.17) is 4.74 Å². The standard InChI is InChI=1S/C27H25N5O2/c1-19-15-21(5-7-25(19)34-22-3-2-12-29-17-22)32-26-23-16-20(4-6-24(23)30-18-31-26)8-9-27(33)10-13-28-14-11-27/h2-7,12,15-18,28,33H,10-11,13-14H2,1H3,(H,30,31,32). The maximum atomic E-state index is 10.7. The van der Waals surface area contributed by atoms with Crippen molar-refractivity contribution in [1.82, 2.24) is 20.3 Å². The molecule has 0 radical (unpaired) electrons. The van der Waals surface area contributed by atoms with Gasteiger partial charge in [0.05, 0.1) is 11.7 Å². The Morgan fingerprint density at radius 2 is 1.97 bits per heavy atom. The highest BCUT2D eigenvalue weighted by molar-refractivity contribution is 5.91. The van der Waals surface area contributed by atoms with Crippen molar-refractivity contribution in [3.8, 4) is 23.3 Å². The summed E-state index contributed by atoms with van der Waals surface area (Å²) in [5.74, 6) is 8.36. The van der Waals surface area contributed by atoms with E-state index in [0.717, 1.165) is 46.6 Å². The fourth-order valence-electron chi connectivity index (χ4n) is 3.90. The summed E-state index contributed by atoms with van der Waals surface area (Å²) < 4.78 is 5.93. The first kappa shape index (κ1) is 21.8. The van der Waals surface area contributed by atoms with Crippen molar-refractivity contribution in [3.05, 3.63) is 78.4 Å². The molecule has 4 aromatic rings. The van der Waals surface area contributed by atoms with Gasteiger partial charge in [-0.3, -0.25) is 4.98 Å². The summed E-state index contributed by atoms with van der Waals surface area (Å²) in [6.45, 7) is 3.54. The summed E-state index contributed by atoms with van der Waals surface area (Å²) in [6, 6.07) is 15.4. The van der Waals surface area contributed by atoms with E-state index >= 15 is 0 Å². The number of hydrogen-bond donors (Lipinski definition) is 3. The van der Waals surface area contributed by atoms with E-state index in [0.29, 0.717) is 24.4 Å². The van der Waals surface area contributed by atoms with E-state index in [-0.39, 0.29) is 0 Å². The van der Waals surface area contributed by atoms with E-state index in [1.807, 2.05) is 55.5 Å². The van der Waals surface area contributed by atoms with Gasteiger partial charge in [-0.05, 0) is 86.9 Å². The monoisotopic (exact) mass is 451 g/mol. The summed E-state index contributed by atoms with van der Waals surface area (Å²) >= 11 is 0. The predicted molar refractivity (Wildman–Crippen MR) is 132 cm³/mol. The molecule has 7 nitrogen and oxygen atoms in total. The van der Waals surface area contributed by atoms with Crippen LogP contribution in [0.1, 0.15) is 24.0 Å². The van der Waals surface area contributed by atoms with Crippen molar-refractivity contribution in [1.29, 1.82) is 0 Å². The van der Waals surface area contributed by atoms with Gasteiger partial charge in [0.2, 0.25) is 0 Å². The van der Waals surface area contributed by atoms with Crippen molar-refractivity contribution in [2.75, 3.05) is 18.4 Å². The Balaban J connectivity index is 1.39. The van der Waals surface area contributed by atoms with Crippen LogP contribution in [0.25, 0.3) is 10.9 Å². The first-order valence-electron chi connectivity index (χ1n) is 11.2. The van der Waals surface area contributed by atoms with E-state index in [1.54, 1.807) is 18.7 Å². The molecule has 1 aliphatic rings. The molecule has 170 valence electrons. The first-order chi connectivity index (χ1) is 16.6. The average Bonchev–Trinajstić information content (AvgIpc) is 2.86. The zero-order valence-corrected chi connectivity index (χ0v) is 18.9. The van der Waals surface area contributed by atoms with Crippen LogP contribution in [0.15, 0.2) is 67.3 Å². The lowest BCUT2D eigenvalue weighted by atomic mass is 9.93. The number of benzene rings is 2. The number of pyridine rings is 1. The largest absolute Gasteiger partial charge is 0.455 e. The van der Waals surface area contributed by atoms with Crippen molar-refractivity contribution in [2.24, 2.45) is 0 Å². The van der Waals surface area contributed by atoms with Crippen molar-refractivity contribution >= 4 is 22.4 Å². The zero-order chi connectivity index (χ0) is 23.4. The fourth-order valence-corrected chi connectivity index (χ4v) is 3.90. The van der Waals surface area contributed by atoms with Crippen LogP contribution in [0.4, 0.5) is 11.5 Å². The van der Waals surface area contributed by atoms with Crippen LogP contribution in [0.5, 0.6) is 11.5 Å². The molecule has 2 aromatic heterocycles. The minimum absolute atomic E-state index is 0.628. The maximum absolute atomic E-state index is 10.7. The SMILES string of the molecule is Cc1cc(Nc2ncnc3ccc(C#CC4(O)CCNCC4)cc23)ccc1Oc1cccnc1. The molecule has 1 saturated heterocycles. The van der Waals surface area contributed by atoms with Gasteiger partial charge >= 0.3 is 0 Å². The van der Waals surface area contributed by atoms with Crippen LogP contribution >= 0.6 is 0 Å². The lowest BCUT2D eigenvalue weighted by Crippen LogP contribution is -2.40. The highest BCUT2D eigenvalue weighted by Gasteiger charge is 2.26. The Kier molecular flexibility index (Phi) is 6.09. The summed E-state index contributed by atoms with van der Waals surface area (Å²) in [6.07, 6.45) is 6.20. The maximum Gasteiger partial charge on any atom is 0.145 e. The van der Waals surface area contributed by atoms with Crippen molar-refractivity contribution in [3.63, 3.8) is 0 Å². The topological polar surface area (TPSA) is 92.2 Å². The number of nitrogens with zero attached hydrogens (tertiary/aromatic N) is 3. The highest BCUT2D eigenvalue weighted by atomic mass is 16.5. The normalized spacial score (nSPS) is 14.8. The molecule has 34 heavy (non-hydrogen) atoms. The highest BCUT2D eigenvalue weighted by Crippen LogP contribution is 2.29. The van der Waals surface area contributed by atoms with Gasteiger partial charge in [0, 0.05) is 22.8 Å². The summed E-state index contributed by atoms with van der Waals surface area (Å²) in [7, 11) is 0. The number of fused-ring (bicyclic) bond motifs is 1. The number of aryl methyl sites for hydroxylation is 1. The van der Waals surface area contributed by atoms with Crippen LogP contribution in [0.2, 0.25) is 0 Å². The summed E-state index contributed by atoms with van der Waals surface area (Å²) in [5.41, 5.74) is 2.56. The second-order valence-corrected chi connectivity index (χ2v) is 8.38. The van der Waals surface area contributed by atoms with Gasteiger partial charge in [-0.15, -0.1) is 0 Å². The first-order valence-corrected chi connectivity index (χ1v) is 11.2. The average molecular weight is 452 g/mol. The third-order valence-corrected chi connectivity index (χ3v) is 5.81. The number of anilines is 2. The molecule has 0 atom stereocenters. The third kappa shape index (κ3) is 4.99. The quantitative estimate of drug-likeness (QED) is 0.398. The number of nitrogens with one attached hydrogen (secondary N) is 2. The molecule has 1 fully saturated rings. The van der Waals surface area contributed by atoms with Gasteiger partial charge in [-0.2, -0.15) is 0 Å². The number of piperidine rings is 1. The molecule has 5 rings (SSSR count). The zero-order valence-electron chi connectivity index (χ0n) is 18.9. The molecule has 0 saturated carbocycles. The molecule has 0 spiro atoms. The smallest absolute Gasteiger partial charge is 0.145 e. The number of hydrogen-bond acceptors (Lipinski definition) is 7. The number of ether oxygens (including phenoxy) is 1. The van der Waals surface area contributed by atoms with Gasteiger partial charge in [-0.25, -0.2) is 9.97 Å². The van der Waals surface area contributed by atoms with Gasteiger partial charge in [0.15, 0.2) is 0 Å². The van der Waals surface area contributed by atoms with Gasteiger partial charge in [-0.1, -0.05) is 11.8 Å². The minimum Gasteiger partial charge on any atom is -0.455 e. The van der Waals surface area contributed by atoms with E-state index in [9.17, 15) is 5.11 Å². The molecule has 0 amide bonds. The Bertz CT molecular complexity index is 1370. The lowest BCUT2D eigenvalue weighted by molar-refractivity contribution is 0.0679.